The summed E-state index contributed by atoms with van der Waals surface area (Å²) in [5.74, 6) is 0.691. The van der Waals surface area contributed by atoms with Gasteiger partial charge in [0.1, 0.15) is 5.65 Å². The highest BCUT2D eigenvalue weighted by atomic mass is 16.5. The summed E-state index contributed by atoms with van der Waals surface area (Å²) in [6.07, 6.45) is 8.29. The summed E-state index contributed by atoms with van der Waals surface area (Å²) in [5, 5.41) is 8.17. The molecule has 1 saturated heterocycles. The van der Waals surface area contributed by atoms with E-state index in [1.54, 1.807) is 6.20 Å². The van der Waals surface area contributed by atoms with Crippen LogP contribution in [0.1, 0.15) is 20.3 Å². The molecule has 0 bridgehead atoms. The predicted octanol–water partition coefficient (Wildman–Crippen LogP) is 2.37. The first-order valence-electron chi connectivity index (χ1n) is 10.8. The monoisotopic (exact) mass is 423 g/mol. The predicted molar refractivity (Wildman–Crippen MR) is 119 cm³/mol. The van der Waals surface area contributed by atoms with E-state index in [0.717, 1.165) is 42.8 Å². The number of morpholine rings is 1. The smallest absolute Gasteiger partial charge is 0.247 e. The van der Waals surface area contributed by atoms with Crippen molar-refractivity contribution in [3.05, 3.63) is 43.0 Å². The molecule has 0 aromatic carbocycles. The van der Waals surface area contributed by atoms with Crippen molar-refractivity contribution in [2.75, 3.05) is 37.9 Å². The molecule has 1 aliphatic rings. The molecule has 1 aliphatic heterocycles. The van der Waals surface area contributed by atoms with Crippen molar-refractivity contribution in [2.24, 2.45) is 5.92 Å². The van der Waals surface area contributed by atoms with Gasteiger partial charge in [-0.1, -0.05) is 13.8 Å². The van der Waals surface area contributed by atoms with Crippen molar-refractivity contribution < 1.29 is 9.53 Å². The minimum absolute atomic E-state index is 0.00125. The van der Waals surface area contributed by atoms with Crippen molar-refractivity contribution in [1.82, 2.24) is 29.8 Å². The Labute approximate surface area is 182 Å². The number of carbonyl (C=O) groups is 1. The number of aromatic nitrogens is 4. The highest BCUT2D eigenvalue weighted by Crippen LogP contribution is 2.26. The second-order valence-electron chi connectivity index (χ2n) is 7.85. The maximum atomic E-state index is 11.8. The molecule has 3 aromatic rings. The average Bonchev–Trinajstić information content (AvgIpc) is 3.20. The fourth-order valence-electron chi connectivity index (χ4n) is 3.55. The van der Waals surface area contributed by atoms with Crippen LogP contribution in [0.3, 0.4) is 0 Å². The Morgan fingerprint density at radius 3 is 2.84 bits per heavy atom. The molecule has 4 heterocycles. The Hall–Kier alpha value is -3.04. The van der Waals surface area contributed by atoms with Crippen molar-refractivity contribution in [1.29, 1.82) is 0 Å². The molecule has 31 heavy (non-hydrogen) atoms. The summed E-state index contributed by atoms with van der Waals surface area (Å²) < 4.78 is 7.64. The van der Waals surface area contributed by atoms with Crippen LogP contribution in [0.4, 0.5) is 11.6 Å². The van der Waals surface area contributed by atoms with Crippen molar-refractivity contribution in [2.45, 2.75) is 26.8 Å². The summed E-state index contributed by atoms with van der Waals surface area (Å²) >= 11 is 0. The fourth-order valence-corrected chi connectivity index (χ4v) is 3.55. The second-order valence-corrected chi connectivity index (χ2v) is 7.85. The number of amides is 1. The highest BCUT2D eigenvalue weighted by molar-refractivity contribution is 5.78. The van der Waals surface area contributed by atoms with E-state index in [1.165, 1.54) is 0 Å². The number of hydrogen-bond acceptors (Lipinski definition) is 7. The van der Waals surface area contributed by atoms with E-state index in [-0.39, 0.29) is 11.8 Å². The van der Waals surface area contributed by atoms with Gasteiger partial charge in [-0.2, -0.15) is 4.98 Å². The molecule has 0 aliphatic carbocycles. The van der Waals surface area contributed by atoms with Gasteiger partial charge in [0.25, 0.3) is 0 Å². The largest absolute Gasteiger partial charge is 0.379 e. The standard InChI is InChI=1S/C22H29N7O2/c1-17(2)21(30)24-8-4-9-27-10-6-18-15-25-22(26-20(18)27)29(19-5-3-7-23-16-19)28-11-13-31-14-12-28/h3,5-7,10,15-17H,4,8-9,11-14H2,1-2H3,(H,24,30). The number of rotatable bonds is 8. The van der Waals surface area contributed by atoms with Crippen LogP contribution >= 0.6 is 0 Å². The van der Waals surface area contributed by atoms with E-state index < -0.39 is 0 Å². The zero-order chi connectivity index (χ0) is 21.6. The maximum absolute atomic E-state index is 11.8. The Morgan fingerprint density at radius 2 is 2.10 bits per heavy atom. The molecule has 1 fully saturated rings. The first-order chi connectivity index (χ1) is 15.1. The van der Waals surface area contributed by atoms with Crippen LogP contribution in [-0.4, -0.2) is 63.3 Å². The summed E-state index contributed by atoms with van der Waals surface area (Å²) in [6.45, 7) is 8.05. The Kier molecular flexibility index (Phi) is 6.73. The van der Waals surface area contributed by atoms with Crippen LogP contribution in [0.15, 0.2) is 43.0 Å². The average molecular weight is 424 g/mol. The number of pyridine rings is 1. The lowest BCUT2D eigenvalue weighted by atomic mass is 10.2. The lowest BCUT2D eigenvalue weighted by Gasteiger charge is -2.36. The summed E-state index contributed by atoms with van der Waals surface area (Å²) in [7, 11) is 0. The topological polar surface area (TPSA) is 88.4 Å². The van der Waals surface area contributed by atoms with E-state index >= 15 is 0 Å². The van der Waals surface area contributed by atoms with E-state index in [4.69, 9.17) is 9.72 Å². The number of carbonyl (C=O) groups excluding carboxylic acids is 1. The maximum Gasteiger partial charge on any atom is 0.247 e. The molecular formula is C22H29N7O2. The van der Waals surface area contributed by atoms with Crippen LogP contribution in [-0.2, 0) is 16.1 Å². The molecule has 4 rings (SSSR count). The quantitative estimate of drug-likeness (QED) is 0.557. The normalized spacial score (nSPS) is 14.8. The number of nitrogens with zero attached hydrogens (tertiary/aromatic N) is 6. The number of anilines is 2. The van der Waals surface area contributed by atoms with Crippen molar-refractivity contribution in [3.8, 4) is 0 Å². The van der Waals surface area contributed by atoms with Gasteiger partial charge in [0.05, 0.1) is 25.1 Å². The van der Waals surface area contributed by atoms with E-state index in [0.29, 0.717) is 25.7 Å². The van der Waals surface area contributed by atoms with Crippen molar-refractivity contribution in [3.63, 3.8) is 0 Å². The second kappa shape index (κ2) is 9.84. The van der Waals surface area contributed by atoms with Gasteiger partial charge >= 0.3 is 0 Å². The number of ether oxygens (including phenoxy) is 1. The zero-order valence-electron chi connectivity index (χ0n) is 18.1. The highest BCUT2D eigenvalue weighted by Gasteiger charge is 2.24. The van der Waals surface area contributed by atoms with E-state index in [2.05, 4.69) is 24.9 Å². The van der Waals surface area contributed by atoms with Gasteiger partial charge in [0.15, 0.2) is 0 Å². The lowest BCUT2D eigenvalue weighted by Crippen LogP contribution is -2.47. The first kappa shape index (κ1) is 21.2. The van der Waals surface area contributed by atoms with E-state index in [9.17, 15) is 4.79 Å². The molecule has 0 unspecified atom stereocenters. The molecular weight excluding hydrogens is 394 g/mol. The molecule has 164 valence electrons. The van der Waals surface area contributed by atoms with E-state index in [1.807, 2.05) is 55.6 Å². The molecule has 0 saturated carbocycles. The first-order valence-corrected chi connectivity index (χ1v) is 10.8. The summed E-state index contributed by atoms with van der Waals surface area (Å²) in [6, 6.07) is 5.94. The summed E-state index contributed by atoms with van der Waals surface area (Å²) in [5.41, 5.74) is 1.79. The lowest BCUT2D eigenvalue weighted by molar-refractivity contribution is -0.123. The number of hydrogen-bond donors (Lipinski definition) is 1. The summed E-state index contributed by atoms with van der Waals surface area (Å²) in [4.78, 5) is 25.6. The van der Waals surface area contributed by atoms with Gasteiger partial charge in [-0.3, -0.25) is 9.78 Å². The Morgan fingerprint density at radius 1 is 1.26 bits per heavy atom. The third kappa shape index (κ3) is 5.00. The number of hydrazine groups is 1. The minimum Gasteiger partial charge on any atom is -0.379 e. The Bertz CT molecular complexity index is 1000. The van der Waals surface area contributed by atoms with Crippen LogP contribution in [0.5, 0.6) is 0 Å². The third-order valence-corrected chi connectivity index (χ3v) is 5.24. The minimum atomic E-state index is 0.00125. The van der Waals surface area contributed by atoms with Gasteiger partial charge in [-0.25, -0.2) is 15.0 Å². The molecule has 0 atom stereocenters. The molecule has 1 N–H and O–H groups in total. The van der Waals surface area contributed by atoms with Crippen LogP contribution in [0.25, 0.3) is 11.0 Å². The van der Waals surface area contributed by atoms with Gasteiger partial charge in [-0.05, 0) is 24.6 Å². The number of nitrogens with one attached hydrogen (secondary N) is 1. The molecule has 1 amide bonds. The molecule has 9 nitrogen and oxygen atoms in total. The molecule has 0 radical (unpaired) electrons. The number of aryl methyl sites for hydroxylation is 1. The Balaban J connectivity index is 1.56. The van der Waals surface area contributed by atoms with Gasteiger partial charge in [-0.15, -0.1) is 0 Å². The van der Waals surface area contributed by atoms with Crippen LogP contribution in [0.2, 0.25) is 0 Å². The fraction of sp³-hybridized carbons (Fsp3) is 0.455. The molecule has 0 spiro atoms. The van der Waals surface area contributed by atoms with Gasteiger partial charge in [0.2, 0.25) is 11.9 Å². The molecule has 3 aromatic heterocycles. The molecule has 9 heteroatoms. The van der Waals surface area contributed by atoms with Crippen LogP contribution < -0.4 is 10.3 Å². The third-order valence-electron chi connectivity index (χ3n) is 5.24. The van der Waals surface area contributed by atoms with Gasteiger partial charge in [0, 0.05) is 56.1 Å². The van der Waals surface area contributed by atoms with Gasteiger partial charge < -0.3 is 14.6 Å². The SMILES string of the molecule is CC(C)C(=O)NCCCn1ccc2cnc(N(c3cccnc3)N3CCOCC3)nc21. The zero-order valence-corrected chi connectivity index (χ0v) is 18.1. The number of fused-ring (bicyclic) bond motifs is 1. The van der Waals surface area contributed by atoms with Crippen molar-refractivity contribution >= 4 is 28.6 Å². The van der Waals surface area contributed by atoms with Crippen LogP contribution in [0, 0.1) is 5.92 Å².